The first-order valence-corrected chi connectivity index (χ1v) is 15.6. The second kappa shape index (κ2) is 13.4. The van der Waals surface area contributed by atoms with Crippen LogP contribution in [0.2, 0.25) is 0 Å². The number of carbonyl (C=O) groups excluding carboxylic acids is 2. The van der Waals surface area contributed by atoms with E-state index in [1.165, 1.54) is 17.0 Å². The summed E-state index contributed by atoms with van der Waals surface area (Å²) in [7, 11) is -3.51. The van der Waals surface area contributed by atoms with E-state index in [4.69, 9.17) is 0 Å². The monoisotopic (exact) mass is 591 g/mol. The number of nitrogens with zero attached hydrogens (tertiary/aromatic N) is 2. The fourth-order valence-corrected chi connectivity index (χ4v) is 5.88. The van der Waals surface area contributed by atoms with Crippen molar-refractivity contribution in [2.45, 2.75) is 77.4 Å². The van der Waals surface area contributed by atoms with Gasteiger partial charge in [0.1, 0.15) is 6.04 Å². The number of amides is 2. The van der Waals surface area contributed by atoms with Crippen molar-refractivity contribution in [3.8, 4) is 0 Å². The van der Waals surface area contributed by atoms with Crippen LogP contribution >= 0.6 is 15.9 Å². The fraction of sp³-hybridized carbons (Fsp3) is 0.500. The molecule has 37 heavy (non-hydrogen) atoms. The standard InChI is InChI=1S/C28H38BrN3O4S/c1-21-11-17-26(18-12-21)32(37(3,35)36)19-7-10-27(33)31(20-23-13-15-24(29)16-14-23)22(2)28(34)30-25-8-5-4-6-9-25/h11-18,22,25H,4-10,19-20H2,1-3H3,(H,30,34)/t22-/m0/s1. The molecule has 2 aromatic carbocycles. The first kappa shape index (κ1) is 29.2. The number of aryl methyl sites for hydroxylation is 1. The smallest absolute Gasteiger partial charge is 0.242 e. The minimum Gasteiger partial charge on any atom is -0.352 e. The van der Waals surface area contributed by atoms with Crippen molar-refractivity contribution in [2.24, 2.45) is 0 Å². The van der Waals surface area contributed by atoms with Crippen molar-refractivity contribution in [1.82, 2.24) is 10.2 Å². The van der Waals surface area contributed by atoms with Gasteiger partial charge >= 0.3 is 0 Å². The van der Waals surface area contributed by atoms with Crippen LogP contribution in [-0.2, 0) is 26.2 Å². The second-order valence-electron chi connectivity index (χ2n) is 9.94. The van der Waals surface area contributed by atoms with Crippen LogP contribution in [0.15, 0.2) is 53.0 Å². The zero-order chi connectivity index (χ0) is 27.0. The average Bonchev–Trinajstić information content (AvgIpc) is 2.86. The SMILES string of the molecule is Cc1ccc(N(CCCC(=O)N(Cc2ccc(Br)cc2)[C@@H](C)C(=O)NC2CCCCC2)S(C)(=O)=O)cc1. The molecular formula is C28H38BrN3O4S. The predicted molar refractivity (Wildman–Crippen MR) is 152 cm³/mol. The van der Waals surface area contributed by atoms with Gasteiger partial charge in [-0.15, -0.1) is 0 Å². The van der Waals surface area contributed by atoms with Crippen molar-refractivity contribution in [2.75, 3.05) is 17.1 Å². The van der Waals surface area contributed by atoms with Crippen molar-refractivity contribution in [1.29, 1.82) is 0 Å². The highest BCUT2D eigenvalue weighted by Crippen LogP contribution is 2.21. The van der Waals surface area contributed by atoms with Crippen molar-refractivity contribution in [3.05, 3.63) is 64.1 Å². The summed E-state index contributed by atoms with van der Waals surface area (Å²) in [5, 5.41) is 3.14. The lowest BCUT2D eigenvalue weighted by Crippen LogP contribution is -2.50. The van der Waals surface area contributed by atoms with Crippen LogP contribution in [0.25, 0.3) is 0 Å². The summed E-state index contributed by atoms with van der Waals surface area (Å²) in [5.74, 6) is -0.318. The minimum absolute atomic E-state index is 0.134. The van der Waals surface area contributed by atoms with Crippen LogP contribution in [0.1, 0.15) is 63.0 Å². The van der Waals surface area contributed by atoms with Crippen LogP contribution in [0.3, 0.4) is 0 Å². The quantitative estimate of drug-likeness (QED) is 0.390. The number of rotatable bonds is 11. The lowest BCUT2D eigenvalue weighted by Gasteiger charge is -2.31. The van der Waals surface area contributed by atoms with E-state index in [0.717, 1.165) is 41.3 Å². The van der Waals surface area contributed by atoms with Gasteiger partial charge in [-0.1, -0.05) is 65.0 Å². The molecule has 2 aromatic rings. The largest absolute Gasteiger partial charge is 0.352 e. The molecule has 0 saturated heterocycles. The highest BCUT2D eigenvalue weighted by Gasteiger charge is 2.28. The molecule has 1 aliphatic carbocycles. The zero-order valence-corrected chi connectivity index (χ0v) is 24.4. The molecule has 2 amide bonds. The molecule has 0 radical (unpaired) electrons. The maximum absolute atomic E-state index is 13.4. The van der Waals surface area contributed by atoms with Gasteiger partial charge in [0.05, 0.1) is 11.9 Å². The fourth-order valence-electron chi connectivity index (χ4n) is 4.65. The van der Waals surface area contributed by atoms with Crippen LogP contribution < -0.4 is 9.62 Å². The van der Waals surface area contributed by atoms with Gasteiger partial charge in [-0.3, -0.25) is 13.9 Å². The van der Waals surface area contributed by atoms with Crippen molar-refractivity contribution in [3.63, 3.8) is 0 Å². The number of sulfonamides is 1. The Bertz CT molecular complexity index is 1150. The Hall–Kier alpha value is -2.39. The van der Waals surface area contributed by atoms with Gasteiger partial charge in [-0.05, 0) is 62.9 Å². The number of anilines is 1. The molecule has 1 N–H and O–H groups in total. The molecule has 7 nitrogen and oxygen atoms in total. The van der Waals surface area contributed by atoms with Gasteiger partial charge < -0.3 is 10.2 Å². The first-order chi connectivity index (χ1) is 17.5. The molecule has 0 heterocycles. The second-order valence-corrected chi connectivity index (χ2v) is 12.8. The van der Waals surface area contributed by atoms with Gasteiger partial charge in [0.25, 0.3) is 0 Å². The lowest BCUT2D eigenvalue weighted by molar-refractivity contribution is -0.141. The van der Waals surface area contributed by atoms with Gasteiger partial charge in [-0.2, -0.15) is 0 Å². The number of hydrogen-bond donors (Lipinski definition) is 1. The van der Waals surface area contributed by atoms with Crippen LogP contribution in [-0.4, -0.2) is 50.0 Å². The maximum atomic E-state index is 13.4. The van der Waals surface area contributed by atoms with E-state index >= 15 is 0 Å². The van der Waals surface area contributed by atoms with Gasteiger partial charge in [-0.25, -0.2) is 8.42 Å². The number of nitrogens with one attached hydrogen (secondary N) is 1. The summed E-state index contributed by atoms with van der Waals surface area (Å²) in [6, 6.07) is 14.5. The highest BCUT2D eigenvalue weighted by atomic mass is 79.9. The Balaban J connectivity index is 1.70. The molecule has 0 aliphatic heterocycles. The summed E-state index contributed by atoms with van der Waals surface area (Å²) in [4.78, 5) is 28.2. The Labute approximate surface area is 229 Å². The maximum Gasteiger partial charge on any atom is 0.242 e. The van der Waals surface area contributed by atoms with Crippen LogP contribution in [0, 0.1) is 6.92 Å². The molecule has 0 spiro atoms. The molecular weight excluding hydrogens is 554 g/mol. The Morgan fingerprint density at radius 1 is 1.03 bits per heavy atom. The lowest BCUT2D eigenvalue weighted by atomic mass is 9.95. The van der Waals surface area contributed by atoms with E-state index in [2.05, 4.69) is 21.2 Å². The van der Waals surface area contributed by atoms with E-state index in [1.807, 2.05) is 43.3 Å². The zero-order valence-electron chi connectivity index (χ0n) is 22.0. The highest BCUT2D eigenvalue weighted by molar-refractivity contribution is 9.10. The molecule has 1 fully saturated rings. The van der Waals surface area contributed by atoms with Gasteiger partial charge in [0.15, 0.2) is 0 Å². The van der Waals surface area contributed by atoms with E-state index in [0.29, 0.717) is 18.7 Å². The third-order valence-corrected chi connectivity index (χ3v) is 8.58. The molecule has 0 unspecified atom stereocenters. The number of carbonyl (C=O) groups is 2. The third-order valence-electron chi connectivity index (χ3n) is 6.86. The average molecular weight is 593 g/mol. The molecule has 0 bridgehead atoms. The molecule has 1 atom stereocenters. The van der Waals surface area contributed by atoms with Crippen LogP contribution in [0.5, 0.6) is 0 Å². The van der Waals surface area contributed by atoms with Gasteiger partial charge in [0, 0.05) is 30.0 Å². The van der Waals surface area contributed by atoms with E-state index < -0.39 is 16.1 Å². The summed E-state index contributed by atoms with van der Waals surface area (Å²) in [5.41, 5.74) is 2.54. The minimum atomic E-state index is -3.51. The van der Waals surface area contributed by atoms with E-state index in [1.54, 1.807) is 24.0 Å². The summed E-state index contributed by atoms with van der Waals surface area (Å²) < 4.78 is 27.2. The normalized spacial score (nSPS) is 15.1. The topological polar surface area (TPSA) is 86.8 Å². The summed E-state index contributed by atoms with van der Waals surface area (Å²) >= 11 is 3.44. The number of benzene rings is 2. The Kier molecular flexibility index (Phi) is 10.6. The van der Waals surface area contributed by atoms with E-state index in [9.17, 15) is 18.0 Å². The molecule has 9 heteroatoms. The first-order valence-electron chi connectivity index (χ1n) is 12.9. The molecule has 1 saturated carbocycles. The molecule has 1 aliphatic rings. The van der Waals surface area contributed by atoms with Crippen LogP contribution in [0.4, 0.5) is 5.69 Å². The van der Waals surface area contributed by atoms with E-state index in [-0.39, 0.29) is 30.8 Å². The van der Waals surface area contributed by atoms with Crippen molar-refractivity contribution >= 4 is 43.5 Å². The van der Waals surface area contributed by atoms with Crippen molar-refractivity contribution < 1.29 is 18.0 Å². The molecule has 3 rings (SSSR count). The third kappa shape index (κ3) is 8.85. The molecule has 202 valence electrons. The number of hydrogen-bond acceptors (Lipinski definition) is 4. The summed E-state index contributed by atoms with van der Waals surface area (Å²) in [6.45, 7) is 4.20. The Morgan fingerprint density at radius 2 is 1.65 bits per heavy atom. The molecule has 0 aromatic heterocycles. The number of halogens is 1. The predicted octanol–water partition coefficient (Wildman–Crippen LogP) is 5.17. The summed E-state index contributed by atoms with van der Waals surface area (Å²) in [6.07, 6.45) is 7.01. The van der Waals surface area contributed by atoms with Gasteiger partial charge in [0.2, 0.25) is 21.8 Å². The Morgan fingerprint density at radius 3 is 2.24 bits per heavy atom.